The summed E-state index contributed by atoms with van der Waals surface area (Å²) in [6.07, 6.45) is 0.823. The van der Waals surface area contributed by atoms with Gasteiger partial charge in [0.15, 0.2) is 0 Å². The molecule has 0 radical (unpaired) electrons. The molecule has 1 aliphatic carbocycles. The average Bonchev–Trinajstić information content (AvgIpc) is 2.14. The summed E-state index contributed by atoms with van der Waals surface area (Å²) in [5.41, 5.74) is 7.00. The highest BCUT2D eigenvalue weighted by atomic mass is 19.1. The van der Waals surface area contributed by atoms with Gasteiger partial charge < -0.3 is 10.8 Å². The molecule has 0 unspecified atom stereocenters. The van der Waals surface area contributed by atoms with Crippen molar-refractivity contribution in [2.24, 2.45) is 5.73 Å². The van der Waals surface area contributed by atoms with Gasteiger partial charge in [-0.15, -0.1) is 0 Å². The first-order valence-corrected chi connectivity index (χ1v) is 5.23. The monoisotopic (exact) mass is 209 g/mol. The SMILES string of the molecule is Cc1cccc(F)c1C1(CN)CC(O)C1. The van der Waals surface area contributed by atoms with Crippen LogP contribution in [0.3, 0.4) is 0 Å². The molecule has 1 aromatic rings. The van der Waals surface area contributed by atoms with E-state index in [-0.39, 0.29) is 17.3 Å². The van der Waals surface area contributed by atoms with E-state index in [9.17, 15) is 9.50 Å². The maximum Gasteiger partial charge on any atom is 0.127 e. The second-order valence-electron chi connectivity index (χ2n) is 4.48. The van der Waals surface area contributed by atoms with Crippen LogP contribution in [0.15, 0.2) is 18.2 Å². The second kappa shape index (κ2) is 3.58. The number of rotatable bonds is 2. The normalized spacial score (nSPS) is 30.0. The van der Waals surface area contributed by atoms with Gasteiger partial charge in [-0.2, -0.15) is 0 Å². The Labute approximate surface area is 88.9 Å². The Morgan fingerprint density at radius 2 is 2.20 bits per heavy atom. The molecule has 2 nitrogen and oxygen atoms in total. The topological polar surface area (TPSA) is 46.2 Å². The van der Waals surface area contributed by atoms with Gasteiger partial charge in [0.1, 0.15) is 5.82 Å². The lowest BCUT2D eigenvalue weighted by Crippen LogP contribution is -2.50. The Bertz CT molecular complexity index is 352. The Kier molecular flexibility index (Phi) is 2.52. The summed E-state index contributed by atoms with van der Waals surface area (Å²) in [6, 6.07) is 5.05. The lowest BCUT2D eigenvalue weighted by atomic mass is 9.61. The van der Waals surface area contributed by atoms with Crippen LogP contribution in [0.1, 0.15) is 24.0 Å². The summed E-state index contributed by atoms with van der Waals surface area (Å²) >= 11 is 0. The van der Waals surface area contributed by atoms with E-state index in [0.29, 0.717) is 24.9 Å². The van der Waals surface area contributed by atoms with Gasteiger partial charge in [0.25, 0.3) is 0 Å². The highest BCUT2D eigenvalue weighted by molar-refractivity contribution is 5.37. The van der Waals surface area contributed by atoms with Crippen molar-refractivity contribution in [3.8, 4) is 0 Å². The van der Waals surface area contributed by atoms with E-state index < -0.39 is 0 Å². The van der Waals surface area contributed by atoms with E-state index >= 15 is 0 Å². The fourth-order valence-corrected chi connectivity index (χ4v) is 2.62. The summed E-state index contributed by atoms with van der Waals surface area (Å²) < 4.78 is 13.7. The zero-order chi connectivity index (χ0) is 11.1. The van der Waals surface area contributed by atoms with Gasteiger partial charge in [-0.05, 0) is 37.0 Å². The van der Waals surface area contributed by atoms with Crippen LogP contribution in [0, 0.1) is 12.7 Å². The summed E-state index contributed by atoms with van der Waals surface area (Å²) in [5.74, 6) is -0.202. The Morgan fingerprint density at radius 3 is 2.67 bits per heavy atom. The number of aliphatic hydroxyl groups excluding tert-OH is 1. The zero-order valence-electron chi connectivity index (χ0n) is 8.83. The quantitative estimate of drug-likeness (QED) is 0.775. The van der Waals surface area contributed by atoms with Crippen LogP contribution < -0.4 is 5.73 Å². The minimum atomic E-state index is -0.338. The predicted molar refractivity (Wildman–Crippen MR) is 57.1 cm³/mol. The molecule has 0 bridgehead atoms. The third-order valence-corrected chi connectivity index (χ3v) is 3.40. The zero-order valence-corrected chi connectivity index (χ0v) is 8.83. The van der Waals surface area contributed by atoms with E-state index in [0.717, 1.165) is 5.56 Å². The summed E-state index contributed by atoms with van der Waals surface area (Å²) in [7, 11) is 0. The molecule has 2 rings (SSSR count). The van der Waals surface area contributed by atoms with Gasteiger partial charge in [0.05, 0.1) is 6.10 Å². The predicted octanol–water partition coefficient (Wildman–Crippen LogP) is 1.49. The third kappa shape index (κ3) is 1.56. The van der Waals surface area contributed by atoms with Crippen molar-refractivity contribution in [2.75, 3.05) is 6.54 Å². The molecular formula is C12H16FNO. The van der Waals surface area contributed by atoms with E-state index in [4.69, 9.17) is 5.73 Å². The van der Waals surface area contributed by atoms with Crippen molar-refractivity contribution in [3.63, 3.8) is 0 Å². The largest absolute Gasteiger partial charge is 0.393 e. The van der Waals surface area contributed by atoms with Gasteiger partial charge in [-0.3, -0.25) is 0 Å². The standard InChI is InChI=1S/C12H16FNO/c1-8-3-2-4-10(13)11(8)12(7-14)5-9(15)6-12/h2-4,9,15H,5-7,14H2,1H3. The van der Waals surface area contributed by atoms with Gasteiger partial charge in [0, 0.05) is 12.0 Å². The van der Waals surface area contributed by atoms with Crippen LogP contribution >= 0.6 is 0 Å². The first-order valence-electron chi connectivity index (χ1n) is 5.23. The summed E-state index contributed by atoms with van der Waals surface area (Å²) in [6.45, 7) is 2.28. The van der Waals surface area contributed by atoms with Crippen LogP contribution in [0.5, 0.6) is 0 Å². The van der Waals surface area contributed by atoms with Crippen LogP contribution in [-0.2, 0) is 5.41 Å². The molecule has 0 spiro atoms. The molecule has 1 fully saturated rings. The summed E-state index contributed by atoms with van der Waals surface area (Å²) in [5, 5.41) is 9.38. The lowest BCUT2D eigenvalue weighted by Gasteiger charge is -2.46. The van der Waals surface area contributed by atoms with Crippen LogP contribution in [0.25, 0.3) is 0 Å². The van der Waals surface area contributed by atoms with Crippen molar-refractivity contribution >= 4 is 0 Å². The molecule has 0 heterocycles. The van der Waals surface area contributed by atoms with E-state index in [1.165, 1.54) is 6.07 Å². The van der Waals surface area contributed by atoms with E-state index in [1.54, 1.807) is 6.07 Å². The minimum absolute atomic E-state index is 0.202. The van der Waals surface area contributed by atoms with Gasteiger partial charge in [0.2, 0.25) is 0 Å². The van der Waals surface area contributed by atoms with E-state index in [2.05, 4.69) is 0 Å². The number of benzene rings is 1. The molecule has 0 aliphatic heterocycles. The number of nitrogens with two attached hydrogens (primary N) is 1. The van der Waals surface area contributed by atoms with Gasteiger partial charge in [-0.25, -0.2) is 4.39 Å². The smallest absolute Gasteiger partial charge is 0.127 e. The molecule has 3 heteroatoms. The van der Waals surface area contributed by atoms with Crippen molar-refractivity contribution in [3.05, 3.63) is 35.1 Å². The van der Waals surface area contributed by atoms with Gasteiger partial charge >= 0.3 is 0 Å². The highest BCUT2D eigenvalue weighted by Crippen LogP contribution is 2.45. The van der Waals surface area contributed by atoms with E-state index in [1.807, 2.05) is 13.0 Å². The molecule has 0 aromatic heterocycles. The van der Waals surface area contributed by atoms with Crippen molar-refractivity contribution in [1.29, 1.82) is 0 Å². The molecule has 1 aromatic carbocycles. The molecule has 82 valence electrons. The number of halogens is 1. The molecule has 1 aliphatic rings. The molecule has 0 saturated heterocycles. The van der Waals surface area contributed by atoms with Crippen molar-refractivity contribution < 1.29 is 9.50 Å². The second-order valence-corrected chi connectivity index (χ2v) is 4.48. The van der Waals surface area contributed by atoms with Crippen LogP contribution in [-0.4, -0.2) is 17.8 Å². The molecule has 3 N–H and O–H groups in total. The van der Waals surface area contributed by atoms with Crippen molar-refractivity contribution in [1.82, 2.24) is 0 Å². The first kappa shape index (κ1) is 10.6. The molecule has 1 saturated carbocycles. The minimum Gasteiger partial charge on any atom is -0.393 e. The average molecular weight is 209 g/mol. The highest BCUT2D eigenvalue weighted by Gasteiger charge is 2.45. The number of hydrogen-bond acceptors (Lipinski definition) is 2. The number of aliphatic hydroxyl groups is 1. The number of aryl methyl sites for hydroxylation is 1. The molecule has 0 atom stereocenters. The fraction of sp³-hybridized carbons (Fsp3) is 0.500. The Balaban J connectivity index is 2.44. The first-order chi connectivity index (χ1) is 7.09. The maximum absolute atomic E-state index is 13.7. The molecule has 0 amide bonds. The lowest BCUT2D eigenvalue weighted by molar-refractivity contribution is 0.0202. The van der Waals surface area contributed by atoms with Crippen LogP contribution in [0.2, 0.25) is 0 Å². The summed E-state index contributed by atoms with van der Waals surface area (Å²) in [4.78, 5) is 0. The molecular weight excluding hydrogens is 193 g/mol. The maximum atomic E-state index is 13.7. The molecule has 15 heavy (non-hydrogen) atoms. The number of hydrogen-bond donors (Lipinski definition) is 2. The Morgan fingerprint density at radius 1 is 1.53 bits per heavy atom. The van der Waals surface area contributed by atoms with Gasteiger partial charge in [-0.1, -0.05) is 12.1 Å². The fourth-order valence-electron chi connectivity index (χ4n) is 2.62. The third-order valence-electron chi connectivity index (χ3n) is 3.40. The van der Waals surface area contributed by atoms with Crippen molar-refractivity contribution in [2.45, 2.75) is 31.3 Å². The Hall–Kier alpha value is -0.930. The van der Waals surface area contributed by atoms with Crippen LogP contribution in [0.4, 0.5) is 4.39 Å².